The molecule has 4 atom stereocenters. The van der Waals surface area contributed by atoms with Crippen LogP contribution in [0.5, 0.6) is 0 Å². The predicted octanol–water partition coefficient (Wildman–Crippen LogP) is -1.52. The Morgan fingerprint density at radius 1 is 1.37 bits per heavy atom. The van der Waals surface area contributed by atoms with E-state index in [1.54, 1.807) is 0 Å². The van der Waals surface area contributed by atoms with Crippen LogP contribution >= 0.6 is 0 Å². The number of hydrogen-bond acceptors (Lipinski definition) is 12. The Kier molecular flexibility index (Phi) is 7.77. The maximum Gasteiger partial charge on any atom is 0.353 e. The molecule has 14 heteroatoms. The highest BCUT2D eigenvalue weighted by Gasteiger charge is 2.44. The van der Waals surface area contributed by atoms with Crippen LogP contribution in [0.1, 0.15) is 13.8 Å². The second kappa shape index (κ2) is 9.56. The van der Waals surface area contributed by atoms with Crippen molar-refractivity contribution >= 4 is 29.3 Å². The first-order chi connectivity index (χ1) is 12.5. The average molecular weight is 389 g/mol. The van der Waals surface area contributed by atoms with Gasteiger partial charge in [0.1, 0.15) is 31.2 Å². The maximum atomic E-state index is 11.0. The zero-order chi connectivity index (χ0) is 20.7. The number of carbonyl (C=O) groups is 2. The third-order valence-corrected chi connectivity index (χ3v) is 3.13. The number of carboxylic acid groups (broad SMARTS) is 1. The zero-order valence-electron chi connectivity index (χ0n) is 14.3. The van der Waals surface area contributed by atoms with Crippen LogP contribution in [0.25, 0.3) is 0 Å². The summed E-state index contributed by atoms with van der Waals surface area (Å²) in [6.45, 7) is 1.99. The number of esters is 1. The van der Waals surface area contributed by atoms with Gasteiger partial charge in [0.05, 0.1) is 4.92 Å². The first-order valence-electron chi connectivity index (χ1n) is 7.40. The molecule has 0 bridgehead atoms. The number of aliphatic carboxylic acids is 1. The van der Waals surface area contributed by atoms with Gasteiger partial charge in [-0.15, -0.1) is 0 Å². The molecule has 1 aliphatic heterocycles. The Balaban J connectivity index is 0.000000828. The van der Waals surface area contributed by atoms with Crippen LogP contribution in [-0.4, -0.2) is 73.3 Å². The lowest BCUT2D eigenvalue weighted by Crippen LogP contribution is -2.37. The van der Waals surface area contributed by atoms with Crippen molar-refractivity contribution in [1.82, 2.24) is 9.97 Å². The number of hydrogen-bond donors (Lipinski definition) is 5. The van der Waals surface area contributed by atoms with E-state index < -0.39 is 47.1 Å². The summed E-state index contributed by atoms with van der Waals surface area (Å²) >= 11 is 0. The smallest absolute Gasteiger partial charge is 0.353 e. The summed E-state index contributed by atoms with van der Waals surface area (Å²) in [5, 5.41) is 40.7. The van der Waals surface area contributed by atoms with E-state index in [2.05, 4.69) is 15.3 Å². The number of carbonyl (C=O) groups excluding carboxylic acids is 1. The number of aliphatic hydroxyl groups excluding tert-OH is 2. The summed E-state index contributed by atoms with van der Waals surface area (Å²) in [7, 11) is 0. The van der Waals surface area contributed by atoms with Gasteiger partial charge in [-0.3, -0.25) is 19.7 Å². The number of carboxylic acids is 1. The Morgan fingerprint density at radius 2 is 1.96 bits per heavy atom. The van der Waals surface area contributed by atoms with Crippen LogP contribution in [0.2, 0.25) is 0 Å². The van der Waals surface area contributed by atoms with E-state index in [0.717, 1.165) is 13.3 Å². The van der Waals surface area contributed by atoms with Crippen molar-refractivity contribution in [3.63, 3.8) is 0 Å². The summed E-state index contributed by atoms with van der Waals surface area (Å²) < 4.78 is 10.0. The van der Waals surface area contributed by atoms with E-state index in [1.807, 2.05) is 0 Å². The van der Waals surface area contributed by atoms with Gasteiger partial charge < -0.3 is 35.8 Å². The molecule has 0 aromatic carbocycles. The fourth-order valence-corrected chi connectivity index (χ4v) is 2.02. The number of ether oxygens (including phenoxy) is 2. The Labute approximate surface area is 152 Å². The molecular formula is C13H19N5O9. The van der Waals surface area contributed by atoms with Gasteiger partial charge in [-0.25, -0.2) is 9.97 Å². The fraction of sp³-hybridized carbons (Fsp3) is 0.538. The van der Waals surface area contributed by atoms with Crippen molar-refractivity contribution in [3.05, 3.63) is 16.4 Å². The molecule has 0 radical (unpaired) electrons. The number of nitrogen functional groups attached to an aromatic ring is 1. The average Bonchev–Trinajstić information content (AvgIpc) is 2.80. The predicted molar refractivity (Wildman–Crippen MR) is 87.3 cm³/mol. The highest BCUT2D eigenvalue weighted by atomic mass is 16.6. The van der Waals surface area contributed by atoms with E-state index in [0.29, 0.717) is 0 Å². The van der Waals surface area contributed by atoms with E-state index in [9.17, 15) is 25.1 Å². The Morgan fingerprint density at radius 3 is 2.48 bits per heavy atom. The monoisotopic (exact) mass is 389 g/mol. The Bertz CT molecular complexity index is 697. The molecule has 27 heavy (non-hydrogen) atoms. The third kappa shape index (κ3) is 6.28. The number of aliphatic hydroxyl groups is 2. The van der Waals surface area contributed by atoms with Crippen LogP contribution in [0.3, 0.4) is 0 Å². The number of nitro groups is 1. The molecule has 1 aromatic heterocycles. The highest BCUT2D eigenvalue weighted by molar-refractivity contribution is 5.67. The van der Waals surface area contributed by atoms with Gasteiger partial charge in [0, 0.05) is 13.8 Å². The largest absolute Gasteiger partial charge is 0.481 e. The molecule has 6 N–H and O–H groups in total. The van der Waals surface area contributed by atoms with Crippen LogP contribution in [0, 0.1) is 10.1 Å². The van der Waals surface area contributed by atoms with Gasteiger partial charge >= 0.3 is 11.7 Å². The van der Waals surface area contributed by atoms with Crippen molar-refractivity contribution < 1.29 is 39.3 Å². The molecular weight excluding hydrogens is 370 g/mol. The lowest BCUT2D eigenvalue weighted by Gasteiger charge is -2.16. The molecule has 2 rings (SSSR count). The molecule has 1 fully saturated rings. The molecule has 0 amide bonds. The summed E-state index contributed by atoms with van der Waals surface area (Å²) in [6, 6.07) is 0. The normalized spacial score (nSPS) is 23.7. The van der Waals surface area contributed by atoms with E-state index in [-0.39, 0.29) is 18.2 Å². The quantitative estimate of drug-likeness (QED) is 0.219. The molecule has 0 unspecified atom stereocenters. The first-order valence-corrected chi connectivity index (χ1v) is 7.40. The van der Waals surface area contributed by atoms with Crippen LogP contribution in [-0.2, 0) is 19.1 Å². The molecule has 14 nitrogen and oxygen atoms in total. The fourth-order valence-electron chi connectivity index (χ4n) is 2.02. The van der Waals surface area contributed by atoms with E-state index in [4.69, 9.17) is 25.1 Å². The molecule has 2 heterocycles. The zero-order valence-corrected chi connectivity index (χ0v) is 14.3. The van der Waals surface area contributed by atoms with Gasteiger partial charge in [0.15, 0.2) is 6.23 Å². The lowest BCUT2D eigenvalue weighted by atomic mass is 10.1. The van der Waals surface area contributed by atoms with Crippen LogP contribution in [0.4, 0.5) is 17.3 Å². The second-order valence-electron chi connectivity index (χ2n) is 5.26. The molecule has 1 aromatic rings. The van der Waals surface area contributed by atoms with Gasteiger partial charge in [0.25, 0.3) is 5.97 Å². The molecule has 1 aliphatic rings. The minimum Gasteiger partial charge on any atom is -0.481 e. The minimum absolute atomic E-state index is 0.271. The van der Waals surface area contributed by atoms with E-state index >= 15 is 0 Å². The number of rotatable bonds is 5. The molecule has 1 saturated heterocycles. The van der Waals surface area contributed by atoms with Crippen LogP contribution < -0.4 is 11.1 Å². The number of nitrogens with one attached hydrogen (secondary N) is 1. The van der Waals surface area contributed by atoms with Crippen molar-refractivity contribution in [2.24, 2.45) is 0 Å². The Hall–Kier alpha value is -3.10. The second-order valence-corrected chi connectivity index (χ2v) is 5.26. The van der Waals surface area contributed by atoms with Gasteiger partial charge in [0.2, 0.25) is 11.6 Å². The number of nitrogens with zero attached hydrogens (tertiary/aromatic N) is 3. The topological polar surface area (TPSA) is 220 Å². The van der Waals surface area contributed by atoms with Gasteiger partial charge in [-0.05, 0) is 0 Å². The summed E-state index contributed by atoms with van der Waals surface area (Å²) in [4.78, 5) is 37.2. The standard InChI is InChI=1S/C11H15N5O7.C2H4O2/c1-4(17)22-2-5-7(18)8(19)11(23-5)15-10-6(16(20)21)9(12)13-3-14-10;1-2(3)4/h3,5,7-8,11,18-19H,2H2,1H3,(H3,12,13,14,15);1H3,(H,3,4)/t5-,7-,8-,11-;/m1./s1. The summed E-state index contributed by atoms with van der Waals surface area (Å²) in [6.07, 6.45) is -3.99. The summed E-state index contributed by atoms with van der Waals surface area (Å²) in [5.41, 5.74) is 4.84. The van der Waals surface area contributed by atoms with Crippen molar-refractivity contribution in [1.29, 1.82) is 0 Å². The van der Waals surface area contributed by atoms with Gasteiger partial charge in [-0.2, -0.15) is 0 Å². The molecule has 0 saturated carbocycles. The van der Waals surface area contributed by atoms with Crippen molar-refractivity contribution in [2.75, 3.05) is 17.7 Å². The van der Waals surface area contributed by atoms with Crippen molar-refractivity contribution in [2.45, 2.75) is 38.4 Å². The van der Waals surface area contributed by atoms with Crippen LogP contribution in [0.15, 0.2) is 6.33 Å². The lowest BCUT2D eigenvalue weighted by molar-refractivity contribution is -0.383. The SMILES string of the molecule is CC(=O)O.CC(=O)OC[C@H]1O[C@@H](Nc2ncnc(N)c2[N+](=O)[O-])[C@H](O)[C@@H]1O. The number of anilines is 2. The molecule has 0 aliphatic carbocycles. The maximum absolute atomic E-state index is 11.0. The number of aromatic nitrogens is 2. The first kappa shape index (κ1) is 21.9. The van der Waals surface area contributed by atoms with Crippen molar-refractivity contribution in [3.8, 4) is 0 Å². The summed E-state index contributed by atoms with van der Waals surface area (Å²) in [5.74, 6) is -2.05. The minimum atomic E-state index is -1.42. The molecule has 0 spiro atoms. The third-order valence-electron chi connectivity index (χ3n) is 3.13. The highest BCUT2D eigenvalue weighted by Crippen LogP contribution is 2.30. The van der Waals surface area contributed by atoms with Gasteiger partial charge in [-0.1, -0.05) is 0 Å². The van der Waals surface area contributed by atoms with E-state index in [1.165, 1.54) is 6.92 Å². The number of nitrogens with two attached hydrogens (primary N) is 1. The molecule has 150 valence electrons.